The molecule has 0 bridgehead atoms. The minimum Gasteiger partial charge on any atom is -0.329 e. The lowest BCUT2D eigenvalue weighted by Crippen LogP contribution is -2.37. The number of thiophene rings is 1. The van der Waals surface area contributed by atoms with Crippen molar-refractivity contribution in [1.82, 2.24) is 4.72 Å². The van der Waals surface area contributed by atoms with Crippen molar-refractivity contribution in [2.75, 3.05) is 6.54 Å². The van der Waals surface area contributed by atoms with E-state index >= 15 is 0 Å². The molecule has 15 heavy (non-hydrogen) atoms. The maximum atomic E-state index is 11.7. The van der Waals surface area contributed by atoms with Gasteiger partial charge in [0.2, 0.25) is 10.0 Å². The van der Waals surface area contributed by atoms with Gasteiger partial charge in [-0.25, -0.2) is 13.1 Å². The quantitative estimate of drug-likeness (QED) is 0.882. The molecule has 8 heteroatoms. The van der Waals surface area contributed by atoms with Gasteiger partial charge in [-0.2, -0.15) is 0 Å². The highest BCUT2D eigenvalue weighted by Crippen LogP contribution is 2.34. The summed E-state index contributed by atoms with van der Waals surface area (Å²) in [5, 5.41) is 0.390. The molecule has 4 nitrogen and oxygen atoms in total. The van der Waals surface area contributed by atoms with Crippen LogP contribution in [0.2, 0.25) is 5.02 Å². The van der Waals surface area contributed by atoms with E-state index in [1.54, 1.807) is 6.92 Å². The van der Waals surface area contributed by atoms with Crippen LogP contribution in [0.15, 0.2) is 14.1 Å². The fraction of sp³-hybridized carbons (Fsp3) is 0.429. The average Bonchev–Trinajstić information content (AvgIpc) is 2.47. The van der Waals surface area contributed by atoms with Crippen LogP contribution < -0.4 is 10.5 Å². The van der Waals surface area contributed by atoms with E-state index in [-0.39, 0.29) is 16.8 Å². The molecule has 1 aromatic heterocycles. The van der Waals surface area contributed by atoms with Crippen LogP contribution in [0.1, 0.15) is 6.92 Å². The van der Waals surface area contributed by atoms with Crippen LogP contribution in [0, 0.1) is 0 Å². The summed E-state index contributed by atoms with van der Waals surface area (Å²) < 4.78 is 26.7. The number of halogens is 2. The predicted octanol–water partition coefficient (Wildman–Crippen LogP) is 1.79. The molecule has 86 valence electrons. The summed E-state index contributed by atoms with van der Waals surface area (Å²) in [6.07, 6.45) is 0. The standard InChI is InChI=1S/C7H10BrClN2O2S2/c1-4(3-10)11-15(12,13)6-2-5(9)7(8)14-6/h2,4,11H,3,10H2,1H3/t4-/m1/s1. The number of hydrogen-bond donors (Lipinski definition) is 2. The van der Waals surface area contributed by atoms with E-state index in [4.69, 9.17) is 17.3 Å². The topological polar surface area (TPSA) is 72.2 Å². The maximum absolute atomic E-state index is 11.7. The first-order valence-corrected chi connectivity index (χ1v) is 7.51. The molecular weight excluding hydrogens is 324 g/mol. The normalized spacial score (nSPS) is 14.1. The Kier molecular flexibility index (Phi) is 4.57. The van der Waals surface area contributed by atoms with Crippen LogP contribution in [-0.2, 0) is 10.0 Å². The van der Waals surface area contributed by atoms with E-state index in [0.29, 0.717) is 8.81 Å². The van der Waals surface area contributed by atoms with E-state index in [0.717, 1.165) is 11.3 Å². The summed E-state index contributed by atoms with van der Waals surface area (Å²) in [7, 11) is -3.50. The lowest BCUT2D eigenvalue weighted by molar-refractivity contribution is 0.564. The van der Waals surface area contributed by atoms with Crippen LogP contribution in [0.25, 0.3) is 0 Å². The molecule has 0 aliphatic rings. The van der Waals surface area contributed by atoms with E-state index < -0.39 is 10.0 Å². The Hall–Kier alpha value is 0.340. The number of nitrogens with two attached hydrogens (primary N) is 1. The van der Waals surface area contributed by atoms with Crippen molar-refractivity contribution in [2.24, 2.45) is 5.73 Å². The molecule has 0 amide bonds. The zero-order valence-electron chi connectivity index (χ0n) is 7.83. The SMILES string of the molecule is C[C@H](CN)NS(=O)(=O)c1cc(Cl)c(Br)s1. The van der Waals surface area contributed by atoms with Gasteiger partial charge in [0.1, 0.15) is 4.21 Å². The van der Waals surface area contributed by atoms with Crippen LogP contribution in [0.3, 0.4) is 0 Å². The summed E-state index contributed by atoms with van der Waals surface area (Å²) in [6.45, 7) is 1.95. The predicted molar refractivity (Wildman–Crippen MR) is 65.9 cm³/mol. The number of nitrogens with one attached hydrogen (secondary N) is 1. The lowest BCUT2D eigenvalue weighted by Gasteiger charge is -2.09. The Morgan fingerprint density at radius 3 is 2.73 bits per heavy atom. The van der Waals surface area contributed by atoms with Crippen molar-refractivity contribution in [3.8, 4) is 0 Å². The first kappa shape index (κ1) is 13.4. The Bertz CT molecular complexity index is 426. The molecule has 1 atom stereocenters. The van der Waals surface area contributed by atoms with Gasteiger partial charge in [-0.15, -0.1) is 11.3 Å². The van der Waals surface area contributed by atoms with Gasteiger partial charge in [0.15, 0.2) is 0 Å². The molecule has 0 fully saturated rings. The Morgan fingerprint density at radius 2 is 2.33 bits per heavy atom. The van der Waals surface area contributed by atoms with Gasteiger partial charge < -0.3 is 5.73 Å². The van der Waals surface area contributed by atoms with Gasteiger partial charge in [-0.3, -0.25) is 0 Å². The summed E-state index contributed by atoms with van der Waals surface area (Å²) in [5.74, 6) is 0. The van der Waals surface area contributed by atoms with E-state index in [1.807, 2.05) is 0 Å². The minimum absolute atomic E-state index is 0.180. The Morgan fingerprint density at radius 1 is 1.73 bits per heavy atom. The highest BCUT2D eigenvalue weighted by atomic mass is 79.9. The summed E-state index contributed by atoms with van der Waals surface area (Å²) in [5.41, 5.74) is 5.33. The molecule has 0 aliphatic carbocycles. The van der Waals surface area contributed by atoms with Crippen LogP contribution >= 0.6 is 38.9 Å². The zero-order chi connectivity index (χ0) is 11.6. The molecule has 1 aromatic rings. The zero-order valence-corrected chi connectivity index (χ0v) is 11.8. The molecular formula is C7H10BrClN2O2S2. The van der Waals surface area contributed by atoms with Crippen molar-refractivity contribution in [3.63, 3.8) is 0 Å². The van der Waals surface area contributed by atoms with E-state index in [2.05, 4.69) is 20.7 Å². The molecule has 3 N–H and O–H groups in total. The molecule has 1 heterocycles. The van der Waals surface area contributed by atoms with Crippen molar-refractivity contribution >= 4 is 48.9 Å². The van der Waals surface area contributed by atoms with Crippen molar-refractivity contribution < 1.29 is 8.42 Å². The third-order valence-corrected chi connectivity index (χ3v) is 6.14. The van der Waals surface area contributed by atoms with Gasteiger partial charge in [-0.1, -0.05) is 11.6 Å². The molecule has 0 aromatic carbocycles. The van der Waals surface area contributed by atoms with E-state index in [1.165, 1.54) is 6.07 Å². The lowest BCUT2D eigenvalue weighted by atomic mass is 10.4. The molecule has 0 saturated carbocycles. The number of sulfonamides is 1. The average molecular weight is 334 g/mol. The van der Waals surface area contributed by atoms with Gasteiger partial charge in [0, 0.05) is 12.6 Å². The Labute approximate surface area is 106 Å². The monoisotopic (exact) mass is 332 g/mol. The highest BCUT2D eigenvalue weighted by molar-refractivity contribution is 9.11. The van der Waals surface area contributed by atoms with Crippen molar-refractivity contribution in [2.45, 2.75) is 17.2 Å². The smallest absolute Gasteiger partial charge is 0.250 e. The third-order valence-electron chi connectivity index (χ3n) is 1.60. The molecule has 0 unspecified atom stereocenters. The summed E-state index contributed by atoms with van der Waals surface area (Å²) in [6, 6.07) is 1.11. The summed E-state index contributed by atoms with van der Waals surface area (Å²) >= 11 is 9.98. The minimum atomic E-state index is -3.50. The van der Waals surface area contributed by atoms with Gasteiger partial charge >= 0.3 is 0 Å². The van der Waals surface area contributed by atoms with E-state index in [9.17, 15) is 8.42 Å². The van der Waals surface area contributed by atoms with Gasteiger partial charge in [0.05, 0.1) is 8.81 Å². The fourth-order valence-corrected chi connectivity index (χ4v) is 4.50. The molecule has 0 saturated heterocycles. The van der Waals surface area contributed by atoms with Crippen LogP contribution in [-0.4, -0.2) is 21.0 Å². The van der Waals surface area contributed by atoms with Gasteiger partial charge in [-0.05, 0) is 28.9 Å². The number of rotatable bonds is 4. The second-order valence-corrected chi connectivity index (χ2v) is 7.66. The maximum Gasteiger partial charge on any atom is 0.250 e. The van der Waals surface area contributed by atoms with Gasteiger partial charge in [0.25, 0.3) is 0 Å². The molecule has 0 spiro atoms. The van der Waals surface area contributed by atoms with Crippen molar-refractivity contribution in [3.05, 3.63) is 14.9 Å². The first-order chi connectivity index (χ1) is 6.86. The molecule has 1 rings (SSSR count). The summed E-state index contributed by atoms with van der Waals surface area (Å²) in [4.78, 5) is 0. The van der Waals surface area contributed by atoms with Crippen molar-refractivity contribution in [1.29, 1.82) is 0 Å². The largest absolute Gasteiger partial charge is 0.329 e. The van der Waals surface area contributed by atoms with Crippen LogP contribution in [0.5, 0.6) is 0 Å². The highest BCUT2D eigenvalue weighted by Gasteiger charge is 2.20. The fourth-order valence-electron chi connectivity index (χ4n) is 0.830. The molecule has 0 radical (unpaired) electrons. The second-order valence-electron chi connectivity index (χ2n) is 2.95. The Balaban J connectivity index is 2.96. The second kappa shape index (κ2) is 5.11. The molecule has 0 aliphatic heterocycles. The third kappa shape index (κ3) is 3.40. The number of hydrogen-bond acceptors (Lipinski definition) is 4. The van der Waals surface area contributed by atoms with Crippen LogP contribution in [0.4, 0.5) is 0 Å². The first-order valence-electron chi connectivity index (χ1n) is 4.04.